The second-order valence-electron chi connectivity index (χ2n) is 5.99. The molecule has 9 heteroatoms. The minimum absolute atomic E-state index is 0.153. The van der Waals surface area contributed by atoms with Gasteiger partial charge in [-0.25, -0.2) is 9.59 Å². The molecule has 3 rings (SSSR count). The van der Waals surface area contributed by atoms with Gasteiger partial charge in [0.05, 0.1) is 5.56 Å². The van der Waals surface area contributed by atoms with Crippen molar-refractivity contribution >= 4 is 11.9 Å². The third-order valence-electron chi connectivity index (χ3n) is 4.05. The molecule has 1 aromatic carbocycles. The Hall–Kier alpha value is -3.20. The zero-order chi connectivity index (χ0) is 19.4. The first-order chi connectivity index (χ1) is 12.9. The van der Waals surface area contributed by atoms with Crippen LogP contribution in [-0.4, -0.2) is 40.3 Å². The number of hydrogen-bond donors (Lipinski definition) is 1. The smallest absolute Gasteiger partial charge is 0.338 e. The molecule has 9 nitrogen and oxygen atoms in total. The van der Waals surface area contributed by atoms with E-state index in [-0.39, 0.29) is 13.0 Å². The van der Waals surface area contributed by atoms with Crippen LogP contribution in [-0.2, 0) is 19.0 Å². The summed E-state index contributed by atoms with van der Waals surface area (Å²) in [5.41, 5.74) is -0.789. The van der Waals surface area contributed by atoms with Crippen LogP contribution in [0.4, 0.5) is 0 Å². The number of benzene rings is 1. The standard InChI is InChI=1S/C18H18N2O7/c1-11(21)26-13-9-16(20-8-7-15(22)19-18(20)24)27-14(13)10-25-17(23)12-5-3-2-4-6-12/h2-8,13-14,16H,9-10H2,1H3,(H,19,22,24)/t13-,14+,16-/m0/s1. The topological polar surface area (TPSA) is 117 Å². The first-order valence-electron chi connectivity index (χ1n) is 8.30. The van der Waals surface area contributed by atoms with E-state index in [1.807, 2.05) is 0 Å². The summed E-state index contributed by atoms with van der Waals surface area (Å²) in [4.78, 5) is 48.7. The van der Waals surface area contributed by atoms with E-state index in [9.17, 15) is 19.2 Å². The summed E-state index contributed by atoms with van der Waals surface area (Å²) in [5, 5.41) is 0. The van der Waals surface area contributed by atoms with Crippen LogP contribution in [0.3, 0.4) is 0 Å². The van der Waals surface area contributed by atoms with Gasteiger partial charge >= 0.3 is 17.6 Å². The number of esters is 2. The van der Waals surface area contributed by atoms with Crippen molar-refractivity contribution in [3.63, 3.8) is 0 Å². The molecule has 2 heterocycles. The van der Waals surface area contributed by atoms with Gasteiger partial charge in [0.2, 0.25) is 0 Å². The Balaban J connectivity index is 1.72. The summed E-state index contributed by atoms with van der Waals surface area (Å²) in [5.74, 6) is -1.05. The fourth-order valence-electron chi connectivity index (χ4n) is 2.83. The number of hydrogen-bond acceptors (Lipinski definition) is 7. The minimum Gasteiger partial charge on any atom is -0.459 e. The SMILES string of the molecule is CC(=O)O[C@H]1C[C@@H](n2ccc(=O)[nH]c2=O)O[C@@H]1COC(=O)c1ccccc1. The maximum Gasteiger partial charge on any atom is 0.338 e. The third kappa shape index (κ3) is 4.50. The predicted octanol–water partition coefficient (Wildman–Crippen LogP) is 0.613. The molecule has 0 amide bonds. The average molecular weight is 374 g/mol. The average Bonchev–Trinajstić information content (AvgIpc) is 3.02. The lowest BCUT2D eigenvalue weighted by molar-refractivity contribution is -0.150. The maximum atomic E-state index is 12.1. The Morgan fingerprint density at radius 3 is 2.63 bits per heavy atom. The van der Waals surface area contributed by atoms with Crippen LogP contribution >= 0.6 is 0 Å². The van der Waals surface area contributed by atoms with E-state index in [1.165, 1.54) is 23.8 Å². The summed E-state index contributed by atoms with van der Waals surface area (Å²) in [6.45, 7) is 1.10. The van der Waals surface area contributed by atoms with Crippen molar-refractivity contribution < 1.29 is 23.8 Å². The van der Waals surface area contributed by atoms with Gasteiger partial charge in [-0.15, -0.1) is 0 Å². The van der Waals surface area contributed by atoms with Gasteiger partial charge in [0.1, 0.15) is 25.0 Å². The minimum atomic E-state index is -0.765. The molecule has 27 heavy (non-hydrogen) atoms. The zero-order valence-electron chi connectivity index (χ0n) is 14.5. The second kappa shape index (κ2) is 8.00. The number of nitrogens with zero attached hydrogens (tertiary/aromatic N) is 1. The van der Waals surface area contributed by atoms with Crippen LogP contribution in [0, 0.1) is 0 Å². The maximum absolute atomic E-state index is 12.1. The number of aromatic amines is 1. The normalized spacial score (nSPS) is 21.6. The molecule has 0 saturated carbocycles. The number of ether oxygens (including phenoxy) is 3. The molecular weight excluding hydrogens is 356 g/mol. The number of nitrogens with one attached hydrogen (secondary N) is 1. The predicted molar refractivity (Wildman–Crippen MR) is 92.1 cm³/mol. The van der Waals surface area contributed by atoms with Gasteiger partial charge < -0.3 is 14.2 Å². The van der Waals surface area contributed by atoms with Crippen LogP contribution < -0.4 is 11.2 Å². The van der Waals surface area contributed by atoms with E-state index < -0.39 is 41.6 Å². The van der Waals surface area contributed by atoms with Gasteiger partial charge in [0, 0.05) is 25.6 Å². The quantitative estimate of drug-likeness (QED) is 0.762. The second-order valence-corrected chi connectivity index (χ2v) is 5.99. The number of carbonyl (C=O) groups is 2. The van der Waals surface area contributed by atoms with E-state index in [1.54, 1.807) is 30.3 Å². The van der Waals surface area contributed by atoms with Crippen LogP contribution in [0.1, 0.15) is 29.9 Å². The van der Waals surface area contributed by atoms with Crippen molar-refractivity contribution in [2.75, 3.05) is 6.61 Å². The molecule has 1 aromatic heterocycles. The van der Waals surface area contributed by atoms with Crippen molar-refractivity contribution in [2.45, 2.75) is 31.8 Å². The number of H-pyrrole nitrogens is 1. The molecule has 0 spiro atoms. The molecule has 0 unspecified atom stereocenters. The summed E-state index contributed by atoms with van der Waals surface area (Å²) in [6, 6.07) is 9.62. The first-order valence-corrected chi connectivity index (χ1v) is 8.30. The Bertz CT molecular complexity index is 934. The highest BCUT2D eigenvalue weighted by Gasteiger charge is 2.39. The molecule has 0 radical (unpaired) electrons. The van der Waals surface area contributed by atoms with Crippen LogP contribution in [0.25, 0.3) is 0 Å². The van der Waals surface area contributed by atoms with Crippen molar-refractivity contribution in [2.24, 2.45) is 0 Å². The summed E-state index contributed by atoms with van der Waals surface area (Å²) in [6.07, 6.45) is -0.729. The van der Waals surface area contributed by atoms with Gasteiger partial charge in [-0.3, -0.25) is 19.1 Å². The lowest BCUT2D eigenvalue weighted by atomic mass is 10.2. The fraction of sp³-hybridized carbons (Fsp3) is 0.333. The first kappa shape index (κ1) is 18.6. The molecule has 1 aliphatic heterocycles. The van der Waals surface area contributed by atoms with Crippen molar-refractivity contribution in [3.8, 4) is 0 Å². The van der Waals surface area contributed by atoms with Gasteiger partial charge in [0.25, 0.3) is 5.56 Å². The fourth-order valence-corrected chi connectivity index (χ4v) is 2.83. The molecule has 0 aliphatic carbocycles. The van der Waals surface area contributed by atoms with Gasteiger partial charge in [0.15, 0.2) is 0 Å². The molecule has 0 bridgehead atoms. The van der Waals surface area contributed by atoms with Gasteiger partial charge in [-0.1, -0.05) is 18.2 Å². The Morgan fingerprint density at radius 1 is 1.22 bits per heavy atom. The molecule has 1 fully saturated rings. The van der Waals surface area contributed by atoms with Gasteiger partial charge in [-0.05, 0) is 12.1 Å². The van der Waals surface area contributed by atoms with Crippen LogP contribution in [0.15, 0.2) is 52.2 Å². The summed E-state index contributed by atoms with van der Waals surface area (Å²) >= 11 is 0. The lowest BCUT2D eigenvalue weighted by Gasteiger charge is -2.18. The van der Waals surface area contributed by atoms with Crippen molar-refractivity contribution in [1.82, 2.24) is 9.55 Å². The largest absolute Gasteiger partial charge is 0.459 e. The summed E-state index contributed by atoms with van der Waals surface area (Å²) in [7, 11) is 0. The van der Waals surface area contributed by atoms with E-state index in [0.717, 1.165) is 0 Å². The molecule has 1 saturated heterocycles. The van der Waals surface area contributed by atoms with Crippen molar-refractivity contribution in [1.29, 1.82) is 0 Å². The van der Waals surface area contributed by atoms with E-state index >= 15 is 0 Å². The highest BCUT2D eigenvalue weighted by atomic mass is 16.6. The molecular formula is C18H18N2O7. The molecule has 1 aliphatic rings. The van der Waals surface area contributed by atoms with E-state index in [0.29, 0.717) is 5.56 Å². The molecule has 142 valence electrons. The Kier molecular flexibility index (Phi) is 5.51. The number of rotatable bonds is 5. The zero-order valence-corrected chi connectivity index (χ0v) is 14.5. The number of aromatic nitrogens is 2. The van der Waals surface area contributed by atoms with Crippen LogP contribution in [0.2, 0.25) is 0 Å². The van der Waals surface area contributed by atoms with Crippen LogP contribution in [0.5, 0.6) is 0 Å². The van der Waals surface area contributed by atoms with Gasteiger partial charge in [-0.2, -0.15) is 0 Å². The van der Waals surface area contributed by atoms with Crippen molar-refractivity contribution in [3.05, 3.63) is 69.0 Å². The highest BCUT2D eigenvalue weighted by molar-refractivity contribution is 5.89. The molecule has 3 atom stereocenters. The summed E-state index contributed by atoms with van der Waals surface area (Å²) < 4.78 is 17.4. The monoisotopic (exact) mass is 374 g/mol. The Morgan fingerprint density at radius 2 is 1.96 bits per heavy atom. The molecule has 2 aromatic rings. The Labute approximate surface area is 153 Å². The van der Waals surface area contributed by atoms with E-state index in [2.05, 4.69) is 4.98 Å². The third-order valence-corrected chi connectivity index (χ3v) is 4.05. The van der Waals surface area contributed by atoms with E-state index in [4.69, 9.17) is 14.2 Å². The molecule has 1 N–H and O–H groups in total. The number of carbonyl (C=O) groups excluding carboxylic acids is 2. The lowest BCUT2D eigenvalue weighted by Crippen LogP contribution is -2.32. The highest BCUT2D eigenvalue weighted by Crippen LogP contribution is 2.30.